The lowest BCUT2D eigenvalue weighted by molar-refractivity contribution is 0.0956. The fraction of sp³-hybridized carbons (Fsp3) is 0.160. The molecule has 150 valence electrons. The topological polar surface area (TPSA) is 58.1 Å². The molecule has 0 atom stereocenters. The summed E-state index contributed by atoms with van der Waals surface area (Å²) in [4.78, 5) is 24.2. The van der Waals surface area contributed by atoms with Gasteiger partial charge in [0.1, 0.15) is 0 Å². The van der Waals surface area contributed by atoms with Gasteiger partial charge in [0.15, 0.2) is 0 Å². The molecule has 0 spiro atoms. The first-order valence-corrected chi connectivity index (χ1v) is 10.1. The van der Waals surface area contributed by atoms with Crippen LogP contribution in [0.25, 0.3) is 22.2 Å². The highest BCUT2D eigenvalue weighted by Gasteiger charge is 2.14. The molecular formula is C25H24N4O. The Kier molecular flexibility index (Phi) is 5.99. The van der Waals surface area contributed by atoms with Gasteiger partial charge in [-0.25, -0.2) is 4.98 Å². The van der Waals surface area contributed by atoms with Gasteiger partial charge in [-0.05, 0) is 43.3 Å². The van der Waals surface area contributed by atoms with Gasteiger partial charge in [0.25, 0.3) is 5.91 Å². The summed E-state index contributed by atoms with van der Waals surface area (Å²) in [6.45, 7) is 4.29. The first kappa shape index (κ1) is 19.6. The molecule has 0 saturated heterocycles. The van der Waals surface area contributed by atoms with Crippen molar-refractivity contribution < 1.29 is 4.79 Å². The molecule has 0 radical (unpaired) electrons. The molecular weight excluding hydrogens is 372 g/mol. The third-order valence-corrected chi connectivity index (χ3v) is 5.09. The number of pyridine rings is 2. The molecule has 2 heterocycles. The number of aromatic nitrogens is 2. The smallest absolute Gasteiger partial charge is 0.252 e. The minimum Gasteiger partial charge on any atom is -0.370 e. The zero-order chi connectivity index (χ0) is 20.8. The number of hydrogen-bond donors (Lipinski definition) is 1. The standard InChI is InChI=1S/C25H24N4O/c1-2-29(20-10-4-3-5-11-20)16-15-27-25(30)22-17-24(19-9-8-14-26-18-19)28-23-13-7-6-12-21(22)23/h3-14,17-18H,2,15-16H2,1H3,(H,27,30). The van der Waals surface area contributed by atoms with Crippen LogP contribution in [0.3, 0.4) is 0 Å². The Morgan fingerprint density at radius 3 is 2.57 bits per heavy atom. The molecule has 4 rings (SSSR count). The number of nitrogens with zero attached hydrogens (tertiary/aromatic N) is 3. The van der Waals surface area contributed by atoms with Crippen LogP contribution in [-0.2, 0) is 0 Å². The summed E-state index contributed by atoms with van der Waals surface area (Å²) < 4.78 is 0. The Hall–Kier alpha value is -3.73. The number of amides is 1. The van der Waals surface area contributed by atoms with E-state index in [2.05, 4.69) is 34.3 Å². The largest absolute Gasteiger partial charge is 0.370 e. The highest BCUT2D eigenvalue weighted by molar-refractivity contribution is 6.07. The number of hydrogen-bond acceptors (Lipinski definition) is 4. The third-order valence-electron chi connectivity index (χ3n) is 5.09. The molecule has 5 nitrogen and oxygen atoms in total. The number of carbonyl (C=O) groups is 1. The number of fused-ring (bicyclic) bond motifs is 1. The van der Waals surface area contributed by atoms with Crippen LogP contribution in [0.5, 0.6) is 0 Å². The van der Waals surface area contributed by atoms with E-state index >= 15 is 0 Å². The van der Waals surface area contributed by atoms with Gasteiger partial charge in [0.05, 0.1) is 16.8 Å². The second-order valence-electron chi connectivity index (χ2n) is 6.99. The van der Waals surface area contributed by atoms with Crippen LogP contribution in [0.4, 0.5) is 5.69 Å². The lowest BCUT2D eigenvalue weighted by Crippen LogP contribution is -2.35. The van der Waals surface area contributed by atoms with E-state index in [0.29, 0.717) is 12.1 Å². The molecule has 0 unspecified atom stereocenters. The summed E-state index contributed by atoms with van der Waals surface area (Å²) >= 11 is 0. The van der Waals surface area contributed by atoms with Gasteiger partial charge in [0, 0.05) is 48.7 Å². The van der Waals surface area contributed by atoms with E-state index in [1.54, 1.807) is 12.4 Å². The van der Waals surface area contributed by atoms with Crippen molar-refractivity contribution in [2.45, 2.75) is 6.92 Å². The van der Waals surface area contributed by atoms with E-state index in [9.17, 15) is 4.79 Å². The molecule has 5 heteroatoms. The van der Waals surface area contributed by atoms with Crippen molar-refractivity contribution in [2.24, 2.45) is 0 Å². The van der Waals surface area contributed by atoms with E-state index in [-0.39, 0.29) is 5.91 Å². The lowest BCUT2D eigenvalue weighted by Gasteiger charge is -2.23. The zero-order valence-electron chi connectivity index (χ0n) is 17.0. The summed E-state index contributed by atoms with van der Waals surface area (Å²) in [5.41, 5.74) is 4.21. The van der Waals surface area contributed by atoms with E-state index in [1.165, 1.54) is 0 Å². The van der Waals surface area contributed by atoms with Crippen molar-refractivity contribution in [3.8, 4) is 11.3 Å². The van der Waals surface area contributed by atoms with Crippen molar-refractivity contribution in [1.29, 1.82) is 0 Å². The van der Waals surface area contributed by atoms with Crippen molar-refractivity contribution >= 4 is 22.5 Å². The Morgan fingerprint density at radius 1 is 1.00 bits per heavy atom. The van der Waals surface area contributed by atoms with Gasteiger partial charge in [0.2, 0.25) is 0 Å². The maximum Gasteiger partial charge on any atom is 0.252 e. The monoisotopic (exact) mass is 396 g/mol. The Bertz CT molecular complexity index is 1130. The Balaban J connectivity index is 1.55. The predicted octanol–water partition coefficient (Wildman–Crippen LogP) is 4.55. The average molecular weight is 396 g/mol. The van der Waals surface area contributed by atoms with Gasteiger partial charge in [-0.2, -0.15) is 0 Å². The lowest BCUT2D eigenvalue weighted by atomic mass is 10.0. The third kappa shape index (κ3) is 4.30. The van der Waals surface area contributed by atoms with Crippen LogP contribution in [0.15, 0.2) is 85.2 Å². The van der Waals surface area contributed by atoms with E-state index in [0.717, 1.165) is 40.9 Å². The maximum absolute atomic E-state index is 13.1. The quantitative estimate of drug-likeness (QED) is 0.498. The molecule has 1 N–H and O–H groups in total. The molecule has 0 aliphatic heterocycles. The highest BCUT2D eigenvalue weighted by atomic mass is 16.1. The van der Waals surface area contributed by atoms with Crippen molar-refractivity contribution in [3.05, 3.63) is 90.8 Å². The molecule has 0 saturated carbocycles. The number of para-hydroxylation sites is 2. The summed E-state index contributed by atoms with van der Waals surface area (Å²) in [6, 6.07) is 23.6. The highest BCUT2D eigenvalue weighted by Crippen LogP contribution is 2.24. The second kappa shape index (κ2) is 9.18. The second-order valence-corrected chi connectivity index (χ2v) is 6.99. The Labute approximate surface area is 176 Å². The summed E-state index contributed by atoms with van der Waals surface area (Å²) in [7, 11) is 0. The van der Waals surface area contributed by atoms with Gasteiger partial charge in [-0.1, -0.05) is 36.4 Å². The van der Waals surface area contributed by atoms with E-state index in [1.807, 2.05) is 60.7 Å². The molecule has 30 heavy (non-hydrogen) atoms. The number of benzene rings is 2. The van der Waals surface area contributed by atoms with Crippen LogP contribution < -0.4 is 10.2 Å². The van der Waals surface area contributed by atoms with Gasteiger partial charge in [-0.15, -0.1) is 0 Å². The molecule has 0 fully saturated rings. The number of rotatable bonds is 7. The first-order valence-electron chi connectivity index (χ1n) is 10.1. The van der Waals surface area contributed by atoms with Crippen molar-refractivity contribution in [3.63, 3.8) is 0 Å². The van der Waals surface area contributed by atoms with Gasteiger partial charge >= 0.3 is 0 Å². The van der Waals surface area contributed by atoms with E-state index < -0.39 is 0 Å². The summed E-state index contributed by atoms with van der Waals surface area (Å²) in [5.74, 6) is -0.0946. The number of nitrogens with one attached hydrogen (secondary N) is 1. The molecule has 0 bridgehead atoms. The minimum absolute atomic E-state index is 0.0946. The van der Waals surface area contributed by atoms with Crippen LogP contribution in [0.2, 0.25) is 0 Å². The summed E-state index contributed by atoms with van der Waals surface area (Å²) in [6.07, 6.45) is 3.49. The SMILES string of the molecule is CCN(CCNC(=O)c1cc(-c2cccnc2)nc2ccccc12)c1ccccc1. The van der Waals surface area contributed by atoms with E-state index in [4.69, 9.17) is 4.98 Å². The predicted molar refractivity (Wildman–Crippen MR) is 122 cm³/mol. The zero-order valence-corrected chi connectivity index (χ0v) is 17.0. The summed E-state index contributed by atoms with van der Waals surface area (Å²) in [5, 5.41) is 3.93. The van der Waals surface area contributed by atoms with Gasteiger partial charge < -0.3 is 10.2 Å². The normalized spacial score (nSPS) is 10.7. The maximum atomic E-state index is 13.1. The molecule has 1 amide bonds. The van der Waals surface area contributed by atoms with Crippen molar-refractivity contribution in [2.75, 3.05) is 24.5 Å². The van der Waals surface area contributed by atoms with Crippen LogP contribution in [-0.4, -0.2) is 35.5 Å². The van der Waals surface area contributed by atoms with Crippen LogP contribution in [0, 0.1) is 0 Å². The molecule has 4 aromatic rings. The first-order chi connectivity index (χ1) is 14.8. The molecule has 0 aliphatic carbocycles. The van der Waals surface area contributed by atoms with Crippen LogP contribution >= 0.6 is 0 Å². The number of carbonyl (C=O) groups excluding carboxylic acids is 1. The van der Waals surface area contributed by atoms with Crippen LogP contribution in [0.1, 0.15) is 17.3 Å². The molecule has 2 aromatic carbocycles. The number of likely N-dealkylation sites (N-methyl/N-ethyl adjacent to an activating group) is 1. The average Bonchev–Trinajstić information content (AvgIpc) is 2.82. The number of anilines is 1. The molecule has 0 aliphatic rings. The van der Waals surface area contributed by atoms with Gasteiger partial charge in [-0.3, -0.25) is 9.78 Å². The molecule has 2 aromatic heterocycles. The fourth-order valence-electron chi connectivity index (χ4n) is 3.53. The minimum atomic E-state index is -0.0946. The van der Waals surface area contributed by atoms with Crippen molar-refractivity contribution in [1.82, 2.24) is 15.3 Å². The Morgan fingerprint density at radius 2 is 1.80 bits per heavy atom. The fourth-order valence-corrected chi connectivity index (χ4v) is 3.53.